The third kappa shape index (κ3) is 2.45. The van der Waals surface area contributed by atoms with Crippen molar-refractivity contribution >= 4 is 16.2 Å². The van der Waals surface area contributed by atoms with E-state index in [1.807, 2.05) is 0 Å². The van der Waals surface area contributed by atoms with Crippen LogP contribution in [0.1, 0.15) is 0 Å². The van der Waals surface area contributed by atoms with E-state index in [9.17, 15) is 8.42 Å². The summed E-state index contributed by atoms with van der Waals surface area (Å²) < 4.78 is 36.2. The standard InChI is InChI=1S/C11H12N2O4S/c1-16-9-3-2-4-10(5-9)17-7-8-6-13-18(14,15)11(8)12/h2-6H,7,12H2,1H3. The Morgan fingerprint density at radius 3 is 2.67 bits per heavy atom. The molecule has 7 heteroatoms. The summed E-state index contributed by atoms with van der Waals surface area (Å²) in [5.41, 5.74) is 5.78. The average Bonchev–Trinajstić information content (AvgIpc) is 2.63. The summed E-state index contributed by atoms with van der Waals surface area (Å²) in [4.78, 5) is 0. The van der Waals surface area contributed by atoms with E-state index in [1.165, 1.54) is 6.21 Å². The molecule has 0 atom stereocenters. The number of nitrogens with two attached hydrogens (primary N) is 1. The maximum atomic E-state index is 11.2. The lowest BCUT2D eigenvalue weighted by Gasteiger charge is -2.07. The molecule has 18 heavy (non-hydrogen) atoms. The Morgan fingerprint density at radius 2 is 2.06 bits per heavy atom. The summed E-state index contributed by atoms with van der Waals surface area (Å²) in [6, 6.07) is 6.98. The second-order valence-corrected chi connectivity index (χ2v) is 5.17. The van der Waals surface area contributed by atoms with Gasteiger partial charge in [-0.3, -0.25) is 0 Å². The number of hydrogen-bond acceptors (Lipinski definition) is 5. The van der Waals surface area contributed by atoms with Crippen molar-refractivity contribution in [3.05, 3.63) is 34.9 Å². The van der Waals surface area contributed by atoms with Crippen molar-refractivity contribution in [3.63, 3.8) is 0 Å². The third-order valence-electron chi connectivity index (χ3n) is 2.38. The second-order valence-electron chi connectivity index (χ2n) is 3.57. The first-order valence-corrected chi connectivity index (χ1v) is 6.53. The normalized spacial score (nSPS) is 16.9. The van der Waals surface area contributed by atoms with Crippen LogP contribution in [0.5, 0.6) is 11.5 Å². The minimum Gasteiger partial charge on any atom is -0.497 e. The molecule has 0 saturated carbocycles. The minimum atomic E-state index is -3.67. The number of benzene rings is 1. The Kier molecular flexibility index (Phi) is 3.24. The molecule has 0 radical (unpaired) electrons. The summed E-state index contributed by atoms with van der Waals surface area (Å²) >= 11 is 0. The van der Waals surface area contributed by atoms with Crippen LogP contribution in [-0.4, -0.2) is 28.3 Å². The molecule has 0 fully saturated rings. The van der Waals surface area contributed by atoms with Crippen LogP contribution in [0, 0.1) is 0 Å². The monoisotopic (exact) mass is 268 g/mol. The first-order valence-electron chi connectivity index (χ1n) is 5.09. The molecular formula is C11H12N2O4S. The van der Waals surface area contributed by atoms with Crippen molar-refractivity contribution in [1.29, 1.82) is 0 Å². The number of hydrogen-bond donors (Lipinski definition) is 1. The highest BCUT2D eigenvalue weighted by Crippen LogP contribution is 2.21. The molecule has 1 aromatic carbocycles. The molecule has 6 nitrogen and oxygen atoms in total. The van der Waals surface area contributed by atoms with Gasteiger partial charge in [0.15, 0.2) is 5.03 Å². The summed E-state index contributed by atoms with van der Waals surface area (Å²) in [6.07, 6.45) is 1.20. The zero-order valence-corrected chi connectivity index (χ0v) is 10.5. The highest BCUT2D eigenvalue weighted by atomic mass is 32.2. The molecule has 1 aliphatic rings. The van der Waals surface area contributed by atoms with Crippen molar-refractivity contribution in [3.8, 4) is 11.5 Å². The van der Waals surface area contributed by atoms with Crippen molar-refractivity contribution in [2.24, 2.45) is 10.1 Å². The molecular weight excluding hydrogens is 256 g/mol. The van der Waals surface area contributed by atoms with E-state index >= 15 is 0 Å². The molecule has 0 spiro atoms. The predicted octanol–water partition coefficient (Wildman–Crippen LogP) is 0.659. The van der Waals surface area contributed by atoms with Gasteiger partial charge in [-0.2, -0.15) is 12.8 Å². The molecule has 2 rings (SSSR count). The van der Waals surface area contributed by atoms with Gasteiger partial charge < -0.3 is 15.2 Å². The van der Waals surface area contributed by atoms with Crippen LogP contribution >= 0.6 is 0 Å². The first-order chi connectivity index (χ1) is 8.53. The molecule has 0 aliphatic carbocycles. The maximum Gasteiger partial charge on any atom is 0.297 e. The quantitative estimate of drug-likeness (QED) is 0.866. The zero-order chi connectivity index (χ0) is 13.2. The van der Waals surface area contributed by atoms with Gasteiger partial charge in [0.05, 0.1) is 13.3 Å². The van der Waals surface area contributed by atoms with Gasteiger partial charge in [-0.05, 0) is 12.1 Å². The van der Waals surface area contributed by atoms with Gasteiger partial charge in [0.1, 0.15) is 18.1 Å². The van der Waals surface area contributed by atoms with Crippen LogP contribution in [0.25, 0.3) is 0 Å². The molecule has 0 aromatic heterocycles. The molecule has 0 bridgehead atoms. The van der Waals surface area contributed by atoms with Crippen molar-refractivity contribution in [2.75, 3.05) is 13.7 Å². The van der Waals surface area contributed by atoms with E-state index in [-0.39, 0.29) is 11.6 Å². The number of rotatable bonds is 4. The highest BCUT2D eigenvalue weighted by molar-refractivity contribution is 7.94. The molecule has 0 unspecified atom stereocenters. The van der Waals surface area contributed by atoms with E-state index in [1.54, 1.807) is 31.4 Å². The van der Waals surface area contributed by atoms with Gasteiger partial charge in [0.2, 0.25) is 0 Å². The zero-order valence-electron chi connectivity index (χ0n) is 9.66. The molecule has 96 valence electrons. The van der Waals surface area contributed by atoms with Gasteiger partial charge >= 0.3 is 0 Å². The number of ether oxygens (including phenoxy) is 2. The van der Waals surface area contributed by atoms with Gasteiger partial charge in [0.25, 0.3) is 10.0 Å². The third-order valence-corrected chi connectivity index (χ3v) is 3.58. The van der Waals surface area contributed by atoms with Gasteiger partial charge in [-0.1, -0.05) is 6.07 Å². The molecule has 2 N–H and O–H groups in total. The lowest BCUT2D eigenvalue weighted by Crippen LogP contribution is -2.11. The SMILES string of the molecule is COc1cccc(OCC2=C(N)S(=O)(=O)N=C2)c1. The Balaban J connectivity index is 2.09. The summed E-state index contributed by atoms with van der Waals surface area (Å²) in [5.74, 6) is 1.22. The van der Waals surface area contributed by atoms with Crippen LogP contribution in [0.15, 0.2) is 39.3 Å². The van der Waals surface area contributed by atoms with Gasteiger partial charge in [-0.15, -0.1) is 0 Å². The van der Waals surface area contributed by atoms with E-state index in [4.69, 9.17) is 15.2 Å². The summed E-state index contributed by atoms with van der Waals surface area (Å²) in [5, 5.41) is -0.259. The van der Waals surface area contributed by atoms with Crippen LogP contribution in [0.4, 0.5) is 0 Å². The van der Waals surface area contributed by atoms with Crippen molar-refractivity contribution in [2.45, 2.75) is 0 Å². The Labute approximate surface area is 105 Å². The number of sulfonamides is 1. The van der Waals surface area contributed by atoms with Crippen LogP contribution in [0.3, 0.4) is 0 Å². The van der Waals surface area contributed by atoms with Crippen LogP contribution < -0.4 is 15.2 Å². The average molecular weight is 268 g/mol. The van der Waals surface area contributed by atoms with Crippen molar-refractivity contribution < 1.29 is 17.9 Å². The lowest BCUT2D eigenvalue weighted by molar-refractivity contribution is 0.352. The second kappa shape index (κ2) is 4.69. The molecule has 1 aromatic rings. The predicted molar refractivity (Wildman–Crippen MR) is 67.1 cm³/mol. The molecule has 0 saturated heterocycles. The topological polar surface area (TPSA) is 91.0 Å². The van der Waals surface area contributed by atoms with E-state index in [2.05, 4.69) is 4.40 Å². The lowest BCUT2D eigenvalue weighted by atomic mass is 10.3. The number of nitrogens with zero attached hydrogens (tertiary/aromatic N) is 1. The van der Waals surface area contributed by atoms with E-state index in [0.29, 0.717) is 17.1 Å². The van der Waals surface area contributed by atoms with Gasteiger partial charge in [-0.25, -0.2) is 0 Å². The summed E-state index contributed by atoms with van der Waals surface area (Å²) in [6.45, 7) is 0.0434. The summed E-state index contributed by atoms with van der Waals surface area (Å²) in [7, 11) is -2.12. The fourth-order valence-electron chi connectivity index (χ4n) is 1.38. The minimum absolute atomic E-state index is 0.0434. The van der Waals surface area contributed by atoms with E-state index < -0.39 is 10.0 Å². The molecule has 1 aliphatic heterocycles. The maximum absolute atomic E-state index is 11.2. The van der Waals surface area contributed by atoms with Crippen LogP contribution in [0.2, 0.25) is 0 Å². The largest absolute Gasteiger partial charge is 0.497 e. The van der Waals surface area contributed by atoms with E-state index in [0.717, 1.165) is 0 Å². The fourth-order valence-corrected chi connectivity index (χ4v) is 2.20. The Morgan fingerprint density at radius 1 is 1.33 bits per heavy atom. The Bertz CT molecular complexity index is 620. The van der Waals surface area contributed by atoms with Crippen LogP contribution in [-0.2, 0) is 10.0 Å². The number of methoxy groups -OCH3 is 1. The highest BCUT2D eigenvalue weighted by Gasteiger charge is 2.22. The fraction of sp³-hybridized carbons (Fsp3) is 0.182. The molecule has 0 amide bonds. The van der Waals surface area contributed by atoms with Gasteiger partial charge in [0, 0.05) is 11.6 Å². The Hall–Kier alpha value is -2.02. The smallest absolute Gasteiger partial charge is 0.297 e. The molecule has 1 heterocycles. The first kappa shape index (κ1) is 12.4. The van der Waals surface area contributed by atoms with Crippen molar-refractivity contribution in [1.82, 2.24) is 0 Å².